The monoisotopic (exact) mass is 404 g/mol. The third-order valence-electron chi connectivity index (χ3n) is 4.95. The molecule has 1 fully saturated rings. The van der Waals surface area contributed by atoms with Crippen LogP contribution < -0.4 is 0 Å². The lowest BCUT2D eigenvalue weighted by Gasteiger charge is -2.25. The Morgan fingerprint density at radius 2 is 1.93 bits per heavy atom. The maximum Gasteiger partial charge on any atom is 0.226 e. The molecule has 1 heterocycles. The van der Waals surface area contributed by atoms with E-state index >= 15 is 0 Å². The largest absolute Gasteiger partial charge is 0.390 e. The molecule has 146 valence electrons. The molecule has 1 atom stereocenters. The molecule has 28 heavy (non-hydrogen) atoms. The van der Waals surface area contributed by atoms with Crippen LogP contribution in [-0.2, 0) is 16.2 Å². The quantitative estimate of drug-likeness (QED) is 0.708. The standard InChI is InChI=1S/C21H19ClF2N2O2/c22-16-6-3-13(4-7-16)20-10-18(28-25-20)12-26(21(27)14-1-2-14)11-15-5-8-17(23)9-19(15)24/h3-9,14,18H,1-2,10-12H2/t18-/m1/s1. The van der Waals surface area contributed by atoms with Gasteiger partial charge in [-0.2, -0.15) is 0 Å². The number of carbonyl (C=O) groups is 1. The highest BCUT2D eigenvalue weighted by molar-refractivity contribution is 6.30. The summed E-state index contributed by atoms with van der Waals surface area (Å²) in [6, 6.07) is 10.7. The first-order valence-corrected chi connectivity index (χ1v) is 9.59. The number of benzene rings is 2. The Morgan fingerprint density at radius 3 is 2.61 bits per heavy atom. The lowest BCUT2D eigenvalue weighted by Crippen LogP contribution is -2.38. The van der Waals surface area contributed by atoms with Crippen LogP contribution in [0.1, 0.15) is 30.4 Å². The summed E-state index contributed by atoms with van der Waals surface area (Å²) >= 11 is 5.92. The zero-order valence-corrected chi connectivity index (χ0v) is 15.8. The summed E-state index contributed by atoms with van der Waals surface area (Å²) < 4.78 is 27.3. The number of rotatable bonds is 6. The Morgan fingerprint density at radius 1 is 1.18 bits per heavy atom. The van der Waals surface area contributed by atoms with Gasteiger partial charge in [0, 0.05) is 35.5 Å². The summed E-state index contributed by atoms with van der Waals surface area (Å²) in [5.74, 6) is -1.32. The highest BCUT2D eigenvalue weighted by atomic mass is 35.5. The van der Waals surface area contributed by atoms with Gasteiger partial charge in [0.25, 0.3) is 0 Å². The Hall–Kier alpha value is -2.47. The van der Waals surface area contributed by atoms with E-state index in [0.717, 1.165) is 30.2 Å². The van der Waals surface area contributed by atoms with Gasteiger partial charge in [-0.15, -0.1) is 0 Å². The number of oxime groups is 1. The fourth-order valence-electron chi connectivity index (χ4n) is 3.26. The van der Waals surface area contributed by atoms with Crippen molar-refractivity contribution < 1.29 is 18.4 Å². The second-order valence-corrected chi connectivity index (χ2v) is 7.64. The van der Waals surface area contributed by atoms with E-state index in [1.165, 1.54) is 12.1 Å². The first-order valence-electron chi connectivity index (χ1n) is 9.21. The van der Waals surface area contributed by atoms with Crippen molar-refractivity contribution in [1.82, 2.24) is 4.90 Å². The van der Waals surface area contributed by atoms with Gasteiger partial charge in [-0.3, -0.25) is 4.79 Å². The zero-order chi connectivity index (χ0) is 19.7. The molecule has 0 spiro atoms. The summed E-state index contributed by atoms with van der Waals surface area (Å²) in [6.45, 7) is 0.379. The molecule has 2 aromatic carbocycles. The van der Waals surface area contributed by atoms with E-state index in [-0.39, 0.29) is 30.0 Å². The van der Waals surface area contributed by atoms with Crippen molar-refractivity contribution in [2.24, 2.45) is 11.1 Å². The molecule has 0 N–H and O–H groups in total. The lowest BCUT2D eigenvalue weighted by molar-refractivity contribution is -0.135. The van der Waals surface area contributed by atoms with Crippen LogP contribution in [0.4, 0.5) is 8.78 Å². The number of hydrogen-bond donors (Lipinski definition) is 0. The van der Waals surface area contributed by atoms with Gasteiger partial charge in [0.2, 0.25) is 5.91 Å². The fraction of sp³-hybridized carbons (Fsp3) is 0.333. The molecule has 2 aromatic rings. The van der Waals surface area contributed by atoms with Crippen molar-refractivity contribution >= 4 is 23.2 Å². The van der Waals surface area contributed by atoms with Crippen molar-refractivity contribution in [2.75, 3.05) is 6.54 Å². The Bertz CT molecular complexity index is 913. The Balaban J connectivity index is 1.44. The maximum atomic E-state index is 14.1. The number of hydrogen-bond acceptors (Lipinski definition) is 3. The number of amides is 1. The number of halogens is 3. The lowest BCUT2D eigenvalue weighted by atomic mass is 10.0. The predicted molar refractivity (Wildman–Crippen MR) is 102 cm³/mol. The molecule has 7 heteroatoms. The van der Waals surface area contributed by atoms with E-state index in [1.54, 1.807) is 17.0 Å². The molecule has 4 nitrogen and oxygen atoms in total. The second-order valence-electron chi connectivity index (χ2n) is 7.21. The molecule has 0 unspecified atom stereocenters. The highest BCUT2D eigenvalue weighted by Crippen LogP contribution is 2.32. The van der Waals surface area contributed by atoms with Crippen molar-refractivity contribution in [3.8, 4) is 0 Å². The van der Waals surface area contributed by atoms with Crippen LogP contribution >= 0.6 is 11.6 Å². The summed E-state index contributed by atoms with van der Waals surface area (Å²) in [5, 5.41) is 4.78. The van der Waals surface area contributed by atoms with Gasteiger partial charge in [-0.1, -0.05) is 35.0 Å². The average molecular weight is 405 g/mol. The molecular formula is C21H19ClF2N2O2. The van der Waals surface area contributed by atoms with Crippen LogP contribution in [0.5, 0.6) is 0 Å². The van der Waals surface area contributed by atoms with E-state index in [9.17, 15) is 13.6 Å². The predicted octanol–water partition coefficient (Wildman–Crippen LogP) is 4.55. The van der Waals surface area contributed by atoms with Crippen LogP contribution in [-0.4, -0.2) is 29.2 Å². The summed E-state index contributed by atoms with van der Waals surface area (Å²) in [7, 11) is 0. The summed E-state index contributed by atoms with van der Waals surface area (Å²) in [6.07, 6.45) is 1.93. The van der Waals surface area contributed by atoms with Gasteiger partial charge in [0.05, 0.1) is 12.3 Å². The van der Waals surface area contributed by atoms with Crippen LogP contribution in [0.3, 0.4) is 0 Å². The fourth-order valence-corrected chi connectivity index (χ4v) is 3.39. The molecule has 1 aliphatic heterocycles. The molecule has 0 saturated heterocycles. The molecule has 0 aromatic heterocycles. The van der Waals surface area contributed by atoms with Crippen molar-refractivity contribution in [2.45, 2.75) is 31.9 Å². The van der Waals surface area contributed by atoms with Gasteiger partial charge in [0.1, 0.15) is 11.6 Å². The van der Waals surface area contributed by atoms with Crippen LogP contribution in [0.2, 0.25) is 5.02 Å². The minimum absolute atomic E-state index is 0.0124. The molecule has 0 radical (unpaired) electrons. The van der Waals surface area contributed by atoms with Gasteiger partial charge < -0.3 is 9.74 Å². The normalized spacial score (nSPS) is 18.5. The van der Waals surface area contributed by atoms with Gasteiger partial charge in [0.15, 0.2) is 6.10 Å². The second kappa shape index (κ2) is 7.87. The molecule has 2 aliphatic rings. The molecule has 0 bridgehead atoms. The molecular weight excluding hydrogens is 386 g/mol. The summed E-state index contributed by atoms with van der Waals surface area (Å²) in [5.41, 5.74) is 1.98. The third kappa shape index (κ3) is 4.33. The maximum absolute atomic E-state index is 14.1. The minimum Gasteiger partial charge on any atom is -0.390 e. The first-order chi connectivity index (χ1) is 13.5. The van der Waals surface area contributed by atoms with Crippen LogP contribution in [0.15, 0.2) is 47.6 Å². The van der Waals surface area contributed by atoms with Crippen molar-refractivity contribution in [1.29, 1.82) is 0 Å². The van der Waals surface area contributed by atoms with Gasteiger partial charge in [-0.25, -0.2) is 8.78 Å². The van der Waals surface area contributed by atoms with Crippen LogP contribution in [0.25, 0.3) is 0 Å². The van der Waals surface area contributed by atoms with E-state index in [2.05, 4.69) is 5.16 Å². The smallest absolute Gasteiger partial charge is 0.226 e. The molecule has 1 saturated carbocycles. The van der Waals surface area contributed by atoms with E-state index in [1.807, 2.05) is 12.1 Å². The first kappa shape index (κ1) is 18.9. The third-order valence-corrected chi connectivity index (χ3v) is 5.20. The van der Waals surface area contributed by atoms with Gasteiger partial charge in [-0.05, 0) is 36.6 Å². The molecule has 1 aliphatic carbocycles. The number of carbonyl (C=O) groups excluding carboxylic acids is 1. The SMILES string of the molecule is O=C(C1CC1)N(Cc1ccc(F)cc1F)C[C@H]1CC(c2ccc(Cl)cc2)=NO1. The topological polar surface area (TPSA) is 41.9 Å². The molecule has 1 amide bonds. The highest BCUT2D eigenvalue weighted by Gasteiger charge is 2.36. The Labute approximate surface area is 166 Å². The van der Waals surface area contributed by atoms with Crippen LogP contribution in [0, 0.1) is 17.6 Å². The van der Waals surface area contributed by atoms with E-state index < -0.39 is 11.6 Å². The average Bonchev–Trinajstić information content (AvgIpc) is 3.42. The van der Waals surface area contributed by atoms with Crippen molar-refractivity contribution in [3.05, 3.63) is 70.2 Å². The molecule has 4 rings (SSSR count). The van der Waals surface area contributed by atoms with E-state index in [0.29, 0.717) is 18.0 Å². The minimum atomic E-state index is -0.654. The summed E-state index contributed by atoms with van der Waals surface area (Å²) in [4.78, 5) is 19.8. The number of nitrogens with zero attached hydrogens (tertiary/aromatic N) is 2. The van der Waals surface area contributed by atoms with E-state index in [4.69, 9.17) is 16.4 Å². The zero-order valence-electron chi connectivity index (χ0n) is 15.1. The van der Waals surface area contributed by atoms with Crippen molar-refractivity contribution in [3.63, 3.8) is 0 Å². The van der Waals surface area contributed by atoms with Gasteiger partial charge >= 0.3 is 0 Å². The Kier molecular flexibility index (Phi) is 5.31.